The second-order valence-corrected chi connectivity index (χ2v) is 5.46. The van der Waals surface area contributed by atoms with Crippen molar-refractivity contribution in [3.05, 3.63) is 36.0 Å². The van der Waals surface area contributed by atoms with Gasteiger partial charge in [0.25, 0.3) is 0 Å². The van der Waals surface area contributed by atoms with Crippen molar-refractivity contribution in [2.75, 3.05) is 6.61 Å². The molecule has 0 bridgehead atoms. The third-order valence-electron chi connectivity index (χ3n) is 3.14. The first-order chi connectivity index (χ1) is 9.30. The van der Waals surface area contributed by atoms with E-state index in [1.165, 1.54) is 31.2 Å². The lowest BCUT2D eigenvalue weighted by molar-refractivity contribution is -0.139. The fraction of sp³-hybridized carbons (Fsp3) is 0.500. The van der Waals surface area contributed by atoms with Gasteiger partial charge in [0.2, 0.25) is 0 Å². The lowest BCUT2D eigenvalue weighted by Gasteiger charge is -2.14. The van der Waals surface area contributed by atoms with E-state index >= 15 is 0 Å². The SMILES string of the molecule is C/C1=C\CC[C@H](C)COC(=O)/C=C/[C@](C)(O)/C=C/C1=O. The Bertz CT molecular complexity index is 455. The molecule has 0 saturated carbocycles. The van der Waals surface area contributed by atoms with E-state index < -0.39 is 11.6 Å². The summed E-state index contributed by atoms with van der Waals surface area (Å²) in [6, 6.07) is 0. The topological polar surface area (TPSA) is 63.6 Å². The highest BCUT2D eigenvalue weighted by atomic mass is 16.5. The Hall–Kier alpha value is -1.68. The molecule has 20 heavy (non-hydrogen) atoms. The first kappa shape index (κ1) is 16.4. The smallest absolute Gasteiger partial charge is 0.330 e. The molecule has 110 valence electrons. The van der Waals surface area contributed by atoms with Crippen molar-refractivity contribution >= 4 is 11.8 Å². The van der Waals surface area contributed by atoms with Crippen LogP contribution in [0.15, 0.2) is 36.0 Å². The number of ether oxygens (including phenoxy) is 1. The zero-order valence-corrected chi connectivity index (χ0v) is 12.3. The van der Waals surface area contributed by atoms with E-state index in [1.807, 2.05) is 13.0 Å². The van der Waals surface area contributed by atoms with Crippen LogP contribution in [0.5, 0.6) is 0 Å². The van der Waals surface area contributed by atoms with E-state index in [4.69, 9.17) is 4.74 Å². The summed E-state index contributed by atoms with van der Waals surface area (Å²) < 4.78 is 5.09. The molecule has 2 atom stereocenters. The summed E-state index contributed by atoms with van der Waals surface area (Å²) >= 11 is 0. The molecule has 0 aromatic rings. The van der Waals surface area contributed by atoms with Crippen LogP contribution in [0.25, 0.3) is 0 Å². The third-order valence-corrected chi connectivity index (χ3v) is 3.14. The zero-order chi connectivity index (χ0) is 15.2. The minimum absolute atomic E-state index is 0.133. The van der Waals surface area contributed by atoms with Gasteiger partial charge in [0, 0.05) is 6.08 Å². The minimum Gasteiger partial charge on any atom is -0.462 e. The molecule has 0 unspecified atom stereocenters. The molecular weight excluding hydrogens is 256 g/mol. The summed E-state index contributed by atoms with van der Waals surface area (Å²) in [7, 11) is 0. The highest BCUT2D eigenvalue weighted by Crippen LogP contribution is 2.13. The summed E-state index contributed by atoms with van der Waals surface area (Å²) in [4.78, 5) is 23.3. The zero-order valence-electron chi connectivity index (χ0n) is 12.3. The van der Waals surface area contributed by atoms with Crippen molar-refractivity contribution in [2.24, 2.45) is 5.92 Å². The molecule has 0 amide bonds. The minimum atomic E-state index is -1.36. The number of cyclic esters (lactones) is 1. The number of allylic oxidation sites excluding steroid dienone is 3. The molecule has 0 aromatic heterocycles. The molecule has 0 aliphatic carbocycles. The monoisotopic (exact) mass is 278 g/mol. The van der Waals surface area contributed by atoms with Gasteiger partial charge in [-0.15, -0.1) is 0 Å². The number of esters is 1. The highest BCUT2D eigenvalue weighted by molar-refractivity contribution is 6.03. The Balaban J connectivity index is 2.94. The molecule has 4 heteroatoms. The predicted molar refractivity (Wildman–Crippen MR) is 77.0 cm³/mol. The quantitative estimate of drug-likeness (QED) is 0.691. The van der Waals surface area contributed by atoms with Crippen LogP contribution in [-0.4, -0.2) is 29.1 Å². The standard InChI is InChI=1S/C16H22O4/c1-12-5-4-6-13(2)14(17)7-9-16(3,19)10-8-15(18)20-11-12/h6-10,12,19H,4-5,11H2,1-3H3/b9-7+,10-8+,13-6+/t12-,16+/m0/s1. The van der Waals surface area contributed by atoms with Gasteiger partial charge in [-0.2, -0.15) is 0 Å². The van der Waals surface area contributed by atoms with Gasteiger partial charge in [-0.25, -0.2) is 4.79 Å². The normalized spacial score (nSPS) is 35.4. The molecule has 1 aliphatic rings. The second kappa shape index (κ2) is 7.20. The molecule has 1 rings (SSSR count). The Morgan fingerprint density at radius 1 is 1.30 bits per heavy atom. The number of aliphatic hydroxyl groups is 1. The van der Waals surface area contributed by atoms with Gasteiger partial charge in [0.05, 0.1) is 12.2 Å². The van der Waals surface area contributed by atoms with E-state index in [2.05, 4.69) is 0 Å². The van der Waals surface area contributed by atoms with Crippen LogP contribution in [0.4, 0.5) is 0 Å². The molecule has 0 spiro atoms. The van der Waals surface area contributed by atoms with E-state index in [0.29, 0.717) is 12.2 Å². The number of carbonyl (C=O) groups is 2. The lowest BCUT2D eigenvalue weighted by atomic mass is 10.0. The van der Waals surface area contributed by atoms with Crippen molar-refractivity contribution in [1.82, 2.24) is 0 Å². The van der Waals surface area contributed by atoms with Gasteiger partial charge < -0.3 is 9.84 Å². The average molecular weight is 278 g/mol. The summed E-state index contributed by atoms with van der Waals surface area (Å²) in [5.41, 5.74) is -0.702. The molecule has 1 N–H and O–H groups in total. The summed E-state index contributed by atoms with van der Waals surface area (Å²) in [6.07, 6.45) is 8.69. The number of carbonyl (C=O) groups excluding carboxylic acids is 2. The number of hydrogen-bond donors (Lipinski definition) is 1. The fourth-order valence-electron chi connectivity index (χ4n) is 1.71. The maximum absolute atomic E-state index is 11.8. The molecule has 4 nitrogen and oxygen atoms in total. The van der Waals surface area contributed by atoms with Crippen molar-refractivity contribution in [1.29, 1.82) is 0 Å². The van der Waals surface area contributed by atoms with E-state index in [1.54, 1.807) is 6.92 Å². The predicted octanol–water partition coefficient (Wildman–Crippen LogP) is 2.34. The van der Waals surface area contributed by atoms with E-state index in [9.17, 15) is 14.7 Å². The van der Waals surface area contributed by atoms with Gasteiger partial charge in [0.15, 0.2) is 5.78 Å². The molecule has 1 heterocycles. The van der Waals surface area contributed by atoms with Gasteiger partial charge in [0.1, 0.15) is 0 Å². The molecule has 0 saturated heterocycles. The molecule has 0 fully saturated rings. The summed E-state index contributed by atoms with van der Waals surface area (Å²) in [5.74, 6) is -0.392. The Labute approximate surface area is 119 Å². The molecule has 1 aliphatic heterocycles. The van der Waals surface area contributed by atoms with Crippen molar-refractivity contribution in [2.45, 2.75) is 39.2 Å². The van der Waals surface area contributed by atoms with Gasteiger partial charge in [-0.3, -0.25) is 4.79 Å². The van der Waals surface area contributed by atoms with Gasteiger partial charge in [-0.1, -0.05) is 13.0 Å². The lowest BCUT2D eigenvalue weighted by Crippen LogP contribution is -2.19. The number of rotatable bonds is 0. The van der Waals surface area contributed by atoms with Crippen LogP contribution in [0, 0.1) is 5.92 Å². The molecule has 0 radical (unpaired) electrons. The van der Waals surface area contributed by atoms with Crippen LogP contribution >= 0.6 is 0 Å². The highest BCUT2D eigenvalue weighted by Gasteiger charge is 2.14. The Morgan fingerprint density at radius 3 is 2.65 bits per heavy atom. The van der Waals surface area contributed by atoms with Crippen molar-refractivity contribution in [3.8, 4) is 0 Å². The van der Waals surface area contributed by atoms with Crippen LogP contribution in [0.3, 0.4) is 0 Å². The average Bonchev–Trinajstić information content (AvgIpc) is 2.39. The van der Waals surface area contributed by atoms with Crippen LogP contribution < -0.4 is 0 Å². The first-order valence-corrected chi connectivity index (χ1v) is 6.79. The van der Waals surface area contributed by atoms with Crippen LogP contribution in [0.2, 0.25) is 0 Å². The Kier molecular flexibility index (Phi) is 5.89. The van der Waals surface area contributed by atoms with E-state index in [-0.39, 0.29) is 11.7 Å². The second-order valence-electron chi connectivity index (χ2n) is 5.46. The summed E-state index contributed by atoms with van der Waals surface area (Å²) in [5, 5.41) is 10.0. The number of hydrogen-bond acceptors (Lipinski definition) is 4. The Morgan fingerprint density at radius 2 is 1.95 bits per heavy atom. The van der Waals surface area contributed by atoms with E-state index in [0.717, 1.165) is 12.8 Å². The summed E-state index contributed by atoms with van der Waals surface area (Å²) in [6.45, 7) is 5.58. The molecule has 0 aromatic carbocycles. The van der Waals surface area contributed by atoms with Crippen LogP contribution in [-0.2, 0) is 14.3 Å². The maximum Gasteiger partial charge on any atom is 0.330 e. The van der Waals surface area contributed by atoms with Gasteiger partial charge in [-0.05, 0) is 56.4 Å². The third kappa shape index (κ3) is 5.97. The molecular formula is C16H22O4. The van der Waals surface area contributed by atoms with Gasteiger partial charge >= 0.3 is 5.97 Å². The first-order valence-electron chi connectivity index (χ1n) is 6.79. The van der Waals surface area contributed by atoms with Crippen molar-refractivity contribution < 1.29 is 19.4 Å². The van der Waals surface area contributed by atoms with Crippen molar-refractivity contribution in [3.63, 3.8) is 0 Å². The largest absolute Gasteiger partial charge is 0.462 e. The maximum atomic E-state index is 11.8. The number of ketones is 1. The fourth-order valence-corrected chi connectivity index (χ4v) is 1.71. The van der Waals surface area contributed by atoms with Crippen LogP contribution in [0.1, 0.15) is 33.6 Å².